The average Bonchev–Trinajstić information content (AvgIpc) is 3.16. The number of carbonyl (C=O) groups excluding carboxylic acids is 2. The molecule has 0 aliphatic rings. The van der Waals surface area contributed by atoms with Crippen molar-refractivity contribution in [1.29, 1.82) is 0 Å². The molecule has 27 heavy (non-hydrogen) atoms. The molecule has 0 radical (unpaired) electrons. The van der Waals surface area contributed by atoms with Crippen LogP contribution in [-0.2, 0) is 4.79 Å². The molecule has 0 saturated heterocycles. The molecular weight excluding hydrogens is 385 g/mol. The minimum absolute atomic E-state index is 0.0107. The first-order valence-corrected chi connectivity index (χ1v) is 9.82. The number of hydrogen-bond acceptors (Lipinski definition) is 5. The van der Waals surface area contributed by atoms with Crippen LogP contribution in [0.5, 0.6) is 0 Å². The maximum atomic E-state index is 13.7. The Morgan fingerprint density at radius 3 is 2.52 bits per heavy atom. The fourth-order valence-electron chi connectivity index (χ4n) is 2.21. The molecule has 0 spiro atoms. The second kappa shape index (κ2) is 8.79. The highest BCUT2D eigenvalue weighted by molar-refractivity contribution is 8.00. The zero-order chi connectivity index (χ0) is 19.2. The number of benzene rings is 2. The van der Waals surface area contributed by atoms with E-state index in [1.54, 1.807) is 41.9 Å². The second-order valence-corrected chi connectivity index (χ2v) is 7.85. The van der Waals surface area contributed by atoms with Crippen LogP contribution in [0, 0.1) is 5.82 Å². The van der Waals surface area contributed by atoms with Gasteiger partial charge in [-0.1, -0.05) is 12.1 Å². The van der Waals surface area contributed by atoms with Gasteiger partial charge in [0.2, 0.25) is 5.91 Å². The molecule has 5 nitrogen and oxygen atoms in total. The number of rotatable bonds is 6. The quantitative estimate of drug-likeness (QED) is 0.590. The third kappa shape index (κ3) is 5.15. The van der Waals surface area contributed by atoms with Crippen molar-refractivity contribution < 1.29 is 14.0 Å². The minimum Gasteiger partial charge on any atom is -0.322 e. The number of amides is 2. The molecule has 1 unspecified atom stereocenters. The Balaban J connectivity index is 1.57. The number of aromatic nitrogens is 1. The van der Waals surface area contributed by atoms with Crippen LogP contribution in [0.25, 0.3) is 0 Å². The minimum atomic E-state index is -0.567. The van der Waals surface area contributed by atoms with Gasteiger partial charge in [-0.3, -0.25) is 9.59 Å². The summed E-state index contributed by atoms with van der Waals surface area (Å²) in [6, 6.07) is 12.8. The maximum Gasteiger partial charge on any atom is 0.258 e. The molecule has 0 fully saturated rings. The normalized spacial score (nSPS) is 11.6. The fraction of sp³-hybridized carbons (Fsp3) is 0.105. The lowest BCUT2D eigenvalue weighted by Gasteiger charge is -2.11. The van der Waals surface area contributed by atoms with Gasteiger partial charge >= 0.3 is 0 Å². The number of thioether (sulfide) groups is 1. The molecule has 0 aliphatic carbocycles. The van der Waals surface area contributed by atoms with Crippen LogP contribution in [-0.4, -0.2) is 22.0 Å². The van der Waals surface area contributed by atoms with Crippen LogP contribution in [0.4, 0.5) is 15.2 Å². The lowest BCUT2D eigenvalue weighted by Crippen LogP contribution is -2.22. The van der Waals surface area contributed by atoms with Crippen LogP contribution >= 0.6 is 23.1 Å². The van der Waals surface area contributed by atoms with Crippen LogP contribution in [0.3, 0.4) is 0 Å². The summed E-state index contributed by atoms with van der Waals surface area (Å²) >= 11 is 2.75. The number of carbonyl (C=O) groups is 2. The van der Waals surface area contributed by atoms with Crippen molar-refractivity contribution in [3.8, 4) is 0 Å². The number of nitrogens with one attached hydrogen (secondary N) is 2. The van der Waals surface area contributed by atoms with Gasteiger partial charge in [0.1, 0.15) is 5.82 Å². The molecule has 8 heteroatoms. The molecule has 138 valence electrons. The van der Waals surface area contributed by atoms with Crippen molar-refractivity contribution >= 4 is 45.7 Å². The Labute approximate surface area is 164 Å². The van der Waals surface area contributed by atoms with Crippen molar-refractivity contribution in [1.82, 2.24) is 4.98 Å². The number of thiazole rings is 1. The summed E-state index contributed by atoms with van der Waals surface area (Å²) in [6.07, 6.45) is 1.63. The summed E-state index contributed by atoms with van der Waals surface area (Å²) in [4.78, 5) is 29.2. The van der Waals surface area contributed by atoms with Gasteiger partial charge < -0.3 is 10.6 Å². The first-order chi connectivity index (χ1) is 13.0. The first-order valence-electron chi connectivity index (χ1n) is 8.06. The van der Waals surface area contributed by atoms with Gasteiger partial charge in [-0.25, -0.2) is 9.37 Å². The lowest BCUT2D eigenvalue weighted by molar-refractivity contribution is -0.115. The van der Waals surface area contributed by atoms with E-state index in [1.807, 2.05) is 6.92 Å². The summed E-state index contributed by atoms with van der Waals surface area (Å²) in [5.74, 6) is -1.21. The maximum absolute atomic E-state index is 13.7. The van der Waals surface area contributed by atoms with Gasteiger partial charge in [0.05, 0.1) is 10.8 Å². The summed E-state index contributed by atoms with van der Waals surface area (Å²) < 4.78 is 13.7. The lowest BCUT2D eigenvalue weighted by atomic mass is 10.2. The van der Waals surface area contributed by atoms with E-state index >= 15 is 0 Å². The predicted octanol–water partition coefficient (Wildman–Crippen LogP) is 4.65. The Kier molecular flexibility index (Phi) is 6.20. The number of hydrogen-bond donors (Lipinski definition) is 2. The molecule has 3 aromatic rings. The Morgan fingerprint density at radius 1 is 1.11 bits per heavy atom. The highest BCUT2D eigenvalue weighted by Gasteiger charge is 2.16. The first kappa shape index (κ1) is 19.1. The van der Waals surface area contributed by atoms with Crippen molar-refractivity contribution in [2.45, 2.75) is 17.1 Å². The summed E-state index contributed by atoms with van der Waals surface area (Å²) in [5.41, 5.74) is 0.538. The number of anilines is 2. The zero-order valence-corrected chi connectivity index (χ0v) is 15.9. The molecule has 0 aliphatic heterocycles. The van der Waals surface area contributed by atoms with Gasteiger partial charge in [-0.05, 0) is 43.3 Å². The van der Waals surface area contributed by atoms with Crippen LogP contribution in [0.15, 0.2) is 65.0 Å². The highest BCUT2D eigenvalue weighted by Crippen LogP contribution is 2.26. The summed E-state index contributed by atoms with van der Waals surface area (Å²) in [6.45, 7) is 1.81. The van der Waals surface area contributed by atoms with E-state index in [0.29, 0.717) is 10.8 Å². The van der Waals surface area contributed by atoms with E-state index in [4.69, 9.17) is 0 Å². The monoisotopic (exact) mass is 401 g/mol. The van der Waals surface area contributed by atoms with Crippen LogP contribution < -0.4 is 10.6 Å². The fourth-order valence-corrected chi connectivity index (χ4v) is 3.61. The van der Waals surface area contributed by atoms with Crippen molar-refractivity contribution in [3.63, 3.8) is 0 Å². The highest BCUT2D eigenvalue weighted by atomic mass is 32.2. The predicted molar refractivity (Wildman–Crippen MR) is 107 cm³/mol. The third-order valence-electron chi connectivity index (χ3n) is 3.58. The SMILES string of the molecule is CC(Sc1ccc(NC(=O)c2ccccc2F)cc1)C(=O)Nc1nccs1. The Hall–Kier alpha value is -2.71. The van der Waals surface area contributed by atoms with E-state index in [1.165, 1.54) is 41.3 Å². The largest absolute Gasteiger partial charge is 0.322 e. The summed E-state index contributed by atoms with van der Waals surface area (Å²) in [5, 5.41) is 7.47. The van der Waals surface area contributed by atoms with E-state index in [9.17, 15) is 14.0 Å². The van der Waals surface area contributed by atoms with Crippen molar-refractivity contribution in [2.24, 2.45) is 0 Å². The van der Waals surface area contributed by atoms with E-state index in [-0.39, 0.29) is 16.7 Å². The molecule has 0 bridgehead atoms. The molecule has 2 aromatic carbocycles. The summed E-state index contributed by atoms with van der Waals surface area (Å²) in [7, 11) is 0. The van der Waals surface area contributed by atoms with Gasteiger partial charge in [-0.2, -0.15) is 0 Å². The van der Waals surface area contributed by atoms with Gasteiger partial charge in [0.25, 0.3) is 5.91 Å². The molecule has 2 N–H and O–H groups in total. The van der Waals surface area contributed by atoms with E-state index in [2.05, 4.69) is 15.6 Å². The molecule has 1 heterocycles. The van der Waals surface area contributed by atoms with Gasteiger partial charge in [-0.15, -0.1) is 23.1 Å². The van der Waals surface area contributed by atoms with Crippen molar-refractivity contribution in [2.75, 3.05) is 10.6 Å². The van der Waals surface area contributed by atoms with Crippen molar-refractivity contribution in [3.05, 3.63) is 71.5 Å². The molecule has 1 atom stereocenters. The second-order valence-electron chi connectivity index (χ2n) is 5.54. The van der Waals surface area contributed by atoms with Crippen LogP contribution in [0.2, 0.25) is 0 Å². The van der Waals surface area contributed by atoms with E-state index < -0.39 is 11.7 Å². The Morgan fingerprint density at radius 2 is 1.85 bits per heavy atom. The standard InChI is InChI=1S/C19H16FN3O2S2/c1-12(17(24)23-19-21-10-11-26-19)27-14-8-6-13(7-9-14)22-18(25)15-4-2-3-5-16(15)20/h2-12H,1H3,(H,22,25)(H,21,23,24). The molecule has 3 rings (SSSR count). The van der Waals surface area contributed by atoms with Gasteiger partial charge in [0.15, 0.2) is 5.13 Å². The third-order valence-corrected chi connectivity index (χ3v) is 5.38. The molecule has 1 aromatic heterocycles. The van der Waals surface area contributed by atoms with Gasteiger partial charge in [0, 0.05) is 22.2 Å². The molecule has 0 saturated carbocycles. The molecule has 2 amide bonds. The average molecular weight is 401 g/mol. The zero-order valence-electron chi connectivity index (χ0n) is 14.3. The number of halogens is 1. The smallest absolute Gasteiger partial charge is 0.258 e. The molecular formula is C19H16FN3O2S2. The van der Waals surface area contributed by atoms with E-state index in [0.717, 1.165) is 4.90 Å². The Bertz CT molecular complexity index is 930. The number of nitrogens with zero attached hydrogens (tertiary/aromatic N) is 1. The topological polar surface area (TPSA) is 71.1 Å². The van der Waals surface area contributed by atoms with Crippen LogP contribution in [0.1, 0.15) is 17.3 Å².